The van der Waals surface area contributed by atoms with Crippen molar-refractivity contribution in [1.29, 1.82) is 0 Å². The Balaban J connectivity index is 1.74. The number of halogens is 1. The van der Waals surface area contributed by atoms with Crippen LogP contribution in [-0.2, 0) is 19.1 Å². The Kier molecular flexibility index (Phi) is 5.93. The van der Waals surface area contributed by atoms with E-state index >= 15 is 0 Å². The molecule has 2 heterocycles. The van der Waals surface area contributed by atoms with Gasteiger partial charge in [-0.05, 0) is 30.4 Å². The molecule has 6 nitrogen and oxygen atoms in total. The van der Waals surface area contributed by atoms with E-state index in [-0.39, 0.29) is 18.4 Å². The van der Waals surface area contributed by atoms with Gasteiger partial charge in [0.15, 0.2) is 6.10 Å². The van der Waals surface area contributed by atoms with Gasteiger partial charge < -0.3 is 19.7 Å². The minimum absolute atomic E-state index is 0.123. The summed E-state index contributed by atoms with van der Waals surface area (Å²) in [5, 5.41) is 3.35. The first kappa shape index (κ1) is 18.2. The summed E-state index contributed by atoms with van der Waals surface area (Å²) in [6.07, 6.45) is 1.13. The molecule has 25 heavy (non-hydrogen) atoms. The zero-order valence-electron chi connectivity index (χ0n) is 14.2. The second-order valence-corrected chi connectivity index (χ2v) is 6.98. The van der Waals surface area contributed by atoms with Crippen molar-refractivity contribution in [3.63, 3.8) is 0 Å². The Labute approximate surface area is 152 Å². The first-order valence-electron chi connectivity index (χ1n) is 8.54. The van der Waals surface area contributed by atoms with E-state index in [4.69, 9.17) is 21.1 Å². The number of nitrogens with zero attached hydrogens (tertiary/aromatic N) is 1. The summed E-state index contributed by atoms with van der Waals surface area (Å²) in [5.74, 6) is 0.0390. The maximum Gasteiger partial charge on any atom is 0.253 e. The molecule has 0 aliphatic carbocycles. The van der Waals surface area contributed by atoms with E-state index in [9.17, 15) is 9.59 Å². The van der Waals surface area contributed by atoms with E-state index in [0.29, 0.717) is 23.0 Å². The van der Waals surface area contributed by atoms with Gasteiger partial charge >= 0.3 is 0 Å². The van der Waals surface area contributed by atoms with E-state index in [1.54, 1.807) is 24.1 Å². The number of carbonyl (C=O) groups is 2. The van der Waals surface area contributed by atoms with E-state index < -0.39 is 12.1 Å². The van der Waals surface area contributed by atoms with Crippen molar-refractivity contribution < 1.29 is 19.1 Å². The number of hydrogen-bond donors (Lipinski definition) is 1. The summed E-state index contributed by atoms with van der Waals surface area (Å²) < 4.78 is 11.0. The molecule has 0 unspecified atom stereocenters. The number of rotatable bonds is 4. The lowest BCUT2D eigenvalue weighted by atomic mass is 9.97. The molecule has 1 aromatic carbocycles. The normalized spacial score (nSPS) is 24.6. The molecule has 3 rings (SSSR count). The van der Waals surface area contributed by atoms with E-state index in [1.165, 1.54) is 0 Å². The van der Waals surface area contributed by atoms with Crippen LogP contribution in [0.2, 0.25) is 5.02 Å². The molecule has 1 aromatic rings. The van der Waals surface area contributed by atoms with E-state index in [2.05, 4.69) is 5.32 Å². The lowest BCUT2D eigenvalue weighted by Gasteiger charge is -2.35. The average Bonchev–Trinajstić information content (AvgIpc) is 2.62. The van der Waals surface area contributed by atoms with E-state index in [0.717, 1.165) is 26.1 Å². The highest BCUT2D eigenvalue weighted by molar-refractivity contribution is 6.31. The lowest BCUT2D eigenvalue weighted by molar-refractivity contribution is -0.155. The molecular weight excluding hydrogens is 344 g/mol. The SMILES string of the molecule is CN(CC1CCOCC1)C(=O)[C@H]1OCC(=O)N[C@@H]1c1ccccc1Cl. The summed E-state index contributed by atoms with van der Waals surface area (Å²) in [4.78, 5) is 26.4. The Morgan fingerprint density at radius 1 is 1.32 bits per heavy atom. The fraction of sp³-hybridized carbons (Fsp3) is 0.556. The van der Waals surface area contributed by atoms with Crippen LogP contribution in [0.4, 0.5) is 0 Å². The van der Waals surface area contributed by atoms with Gasteiger partial charge in [-0.1, -0.05) is 29.8 Å². The minimum Gasteiger partial charge on any atom is -0.381 e. The highest BCUT2D eigenvalue weighted by Crippen LogP contribution is 2.29. The highest BCUT2D eigenvalue weighted by atomic mass is 35.5. The topological polar surface area (TPSA) is 67.9 Å². The lowest BCUT2D eigenvalue weighted by Crippen LogP contribution is -2.53. The molecule has 136 valence electrons. The van der Waals surface area contributed by atoms with Crippen LogP contribution in [0, 0.1) is 5.92 Å². The molecule has 2 amide bonds. The summed E-state index contributed by atoms with van der Waals surface area (Å²) in [6.45, 7) is 2.02. The first-order valence-corrected chi connectivity index (χ1v) is 8.92. The number of likely N-dealkylation sites (N-methyl/N-ethyl adjacent to an activating group) is 1. The average molecular weight is 367 g/mol. The molecule has 0 radical (unpaired) electrons. The molecule has 7 heteroatoms. The fourth-order valence-corrected chi connectivity index (χ4v) is 3.61. The standard InChI is InChI=1S/C18H23ClN2O4/c1-21(10-12-6-8-24-9-7-12)18(23)17-16(20-15(22)11-25-17)13-4-2-3-5-14(13)19/h2-5,12,16-17H,6-11H2,1H3,(H,20,22)/t16-,17+/m1/s1. The molecule has 2 aliphatic heterocycles. The Bertz CT molecular complexity index is 633. The van der Waals surface area contributed by atoms with Crippen LogP contribution in [0.15, 0.2) is 24.3 Å². The third-order valence-corrected chi connectivity index (χ3v) is 5.09. The predicted octanol–water partition coefficient (Wildman–Crippen LogP) is 1.78. The summed E-state index contributed by atoms with van der Waals surface area (Å²) in [7, 11) is 1.78. The van der Waals surface area contributed by atoms with Crippen molar-refractivity contribution >= 4 is 23.4 Å². The van der Waals surface area contributed by atoms with Crippen LogP contribution in [0.5, 0.6) is 0 Å². The Morgan fingerprint density at radius 2 is 2.04 bits per heavy atom. The Hall–Kier alpha value is -1.63. The van der Waals surface area contributed by atoms with Gasteiger partial charge in [-0.2, -0.15) is 0 Å². The number of hydrogen-bond acceptors (Lipinski definition) is 4. The third kappa shape index (κ3) is 4.32. The molecule has 0 aromatic heterocycles. The van der Waals surface area contributed by atoms with Gasteiger partial charge in [0.25, 0.3) is 5.91 Å². The second kappa shape index (κ2) is 8.17. The summed E-state index contributed by atoms with van der Waals surface area (Å²) in [6, 6.07) is 6.60. The monoisotopic (exact) mass is 366 g/mol. The molecule has 0 bridgehead atoms. The molecule has 2 aliphatic rings. The predicted molar refractivity (Wildman–Crippen MR) is 93.3 cm³/mol. The number of nitrogens with one attached hydrogen (secondary N) is 1. The van der Waals surface area contributed by atoms with Crippen molar-refractivity contribution in [3.05, 3.63) is 34.9 Å². The third-order valence-electron chi connectivity index (χ3n) is 4.75. The van der Waals surface area contributed by atoms with Gasteiger partial charge in [0.05, 0.1) is 6.04 Å². The fourth-order valence-electron chi connectivity index (χ4n) is 3.36. The number of ether oxygens (including phenoxy) is 2. The van der Waals surface area contributed by atoms with Crippen LogP contribution in [0.1, 0.15) is 24.4 Å². The van der Waals surface area contributed by atoms with Gasteiger partial charge in [0, 0.05) is 31.8 Å². The zero-order valence-corrected chi connectivity index (χ0v) is 15.0. The van der Waals surface area contributed by atoms with E-state index in [1.807, 2.05) is 12.1 Å². The van der Waals surface area contributed by atoms with Crippen LogP contribution < -0.4 is 5.32 Å². The van der Waals surface area contributed by atoms with Crippen LogP contribution in [0.25, 0.3) is 0 Å². The van der Waals surface area contributed by atoms with Gasteiger partial charge in [0.2, 0.25) is 5.91 Å². The highest BCUT2D eigenvalue weighted by Gasteiger charge is 2.38. The maximum atomic E-state index is 12.9. The molecule has 2 atom stereocenters. The van der Waals surface area contributed by atoms with Crippen molar-refractivity contribution in [2.45, 2.75) is 25.0 Å². The largest absolute Gasteiger partial charge is 0.381 e. The number of benzene rings is 1. The molecule has 2 saturated heterocycles. The van der Waals surface area contributed by atoms with Crippen molar-refractivity contribution in [1.82, 2.24) is 10.2 Å². The smallest absolute Gasteiger partial charge is 0.253 e. The molecular formula is C18H23ClN2O4. The summed E-state index contributed by atoms with van der Waals surface area (Å²) >= 11 is 6.26. The second-order valence-electron chi connectivity index (χ2n) is 6.57. The van der Waals surface area contributed by atoms with Crippen LogP contribution in [0.3, 0.4) is 0 Å². The van der Waals surface area contributed by atoms with Crippen LogP contribution in [-0.4, -0.2) is 56.2 Å². The number of amides is 2. The van der Waals surface area contributed by atoms with Gasteiger partial charge in [0.1, 0.15) is 6.61 Å². The molecule has 2 fully saturated rings. The summed E-state index contributed by atoms with van der Waals surface area (Å²) in [5.41, 5.74) is 0.690. The van der Waals surface area contributed by atoms with Crippen LogP contribution >= 0.6 is 11.6 Å². The minimum atomic E-state index is -0.776. The zero-order chi connectivity index (χ0) is 17.8. The van der Waals surface area contributed by atoms with Crippen molar-refractivity contribution in [3.8, 4) is 0 Å². The molecule has 0 spiro atoms. The number of morpholine rings is 1. The quantitative estimate of drug-likeness (QED) is 0.882. The van der Waals surface area contributed by atoms with Gasteiger partial charge in [-0.25, -0.2) is 0 Å². The molecule has 0 saturated carbocycles. The number of carbonyl (C=O) groups excluding carboxylic acids is 2. The molecule has 1 N–H and O–H groups in total. The first-order chi connectivity index (χ1) is 12.1. The van der Waals surface area contributed by atoms with Crippen molar-refractivity contribution in [2.75, 3.05) is 33.4 Å². The van der Waals surface area contributed by atoms with Gasteiger partial charge in [-0.15, -0.1) is 0 Å². The van der Waals surface area contributed by atoms with Gasteiger partial charge in [-0.3, -0.25) is 9.59 Å². The Morgan fingerprint density at radius 3 is 2.76 bits per heavy atom. The van der Waals surface area contributed by atoms with Crippen molar-refractivity contribution in [2.24, 2.45) is 5.92 Å². The maximum absolute atomic E-state index is 12.9.